The molecule has 1 unspecified atom stereocenters. The number of nitrogens with two attached hydrogens (primary N) is 1. The highest BCUT2D eigenvalue weighted by Gasteiger charge is 2.17. The van der Waals surface area contributed by atoms with E-state index in [1.807, 2.05) is 27.7 Å². The average Bonchev–Trinajstić information content (AvgIpc) is 3.33. The number of carbonyl (C=O) groups is 7. The van der Waals surface area contributed by atoms with E-state index in [9.17, 15) is 33.6 Å². The first kappa shape index (κ1) is 73.6. The van der Waals surface area contributed by atoms with E-state index >= 15 is 0 Å². The molecule has 0 aromatic heterocycles. The van der Waals surface area contributed by atoms with E-state index < -0.39 is 18.0 Å². The first-order valence-corrected chi connectivity index (χ1v) is 26.1. The van der Waals surface area contributed by atoms with Crippen LogP contribution in [0, 0.1) is 0 Å². The van der Waals surface area contributed by atoms with Crippen LogP contribution in [0.2, 0.25) is 0 Å². The fourth-order valence-electron chi connectivity index (χ4n) is 6.03. The van der Waals surface area contributed by atoms with E-state index in [1.54, 1.807) is 6.92 Å². The molecule has 0 fully saturated rings. The molecule has 0 saturated carbocycles. The van der Waals surface area contributed by atoms with Crippen molar-refractivity contribution in [3.05, 3.63) is 0 Å². The van der Waals surface area contributed by atoms with Crippen LogP contribution in [0.4, 0.5) is 0 Å². The van der Waals surface area contributed by atoms with Crippen molar-refractivity contribution in [2.75, 3.05) is 72.5 Å². The third-order valence-electron chi connectivity index (χ3n) is 9.60. The largest absolute Gasteiger partial charge is 0.481 e. The molecule has 1 atom stereocenters. The summed E-state index contributed by atoms with van der Waals surface area (Å²) in [5, 5.41) is 31.7. The Morgan fingerprint density at radius 1 is 0.500 bits per heavy atom. The molecular formula is C49H99N5O13S. The minimum Gasteiger partial charge on any atom is -0.481 e. The zero-order valence-electron chi connectivity index (χ0n) is 43.3. The number of Topliss-reactive ketones (excluding diaryl/α,β-unsaturated/α-hetero) is 1. The van der Waals surface area contributed by atoms with Crippen molar-refractivity contribution in [2.45, 2.75) is 202 Å². The Kier molecular flexibility index (Phi) is 71.1. The van der Waals surface area contributed by atoms with Crippen molar-refractivity contribution in [1.29, 1.82) is 0 Å². The van der Waals surface area contributed by atoms with E-state index in [2.05, 4.69) is 46.1 Å². The minimum atomic E-state index is -1.21. The van der Waals surface area contributed by atoms with Crippen molar-refractivity contribution in [3.8, 4) is 0 Å². The van der Waals surface area contributed by atoms with Gasteiger partial charge in [0.25, 0.3) is 0 Å². The molecule has 18 nitrogen and oxygen atoms in total. The van der Waals surface area contributed by atoms with Gasteiger partial charge in [-0.15, -0.1) is 12.8 Å². The standard InChI is InChI=1S/C25H44N4O11.C20H40O2.2C2H6.H3NS/c1-20(31)5-3-2-4-8-26-23(33)17-39-15-14-38-12-10-28-24(34)18-40-16-13-37-11-9-27-22(32)7-6-21(25(35)36)29-19-30;1-2-3-4-5-6-7-8-9-10-11-12-13-14-15-16-17-18-19-20(21)22;3*1-2/h19,21H,2-18H2,1H3,(H,26,33)(H,27,32)(H,28,34)(H,29,30)(H,35,36);2-19H2,1H3,(H,21,22);2*1-2H3;2H,1H2. The van der Waals surface area contributed by atoms with Crippen LogP contribution in [0.1, 0.15) is 196 Å². The molecule has 0 saturated heterocycles. The van der Waals surface area contributed by atoms with E-state index in [0.29, 0.717) is 25.9 Å². The van der Waals surface area contributed by atoms with Gasteiger partial charge in [0.05, 0.1) is 39.6 Å². The molecule has 0 aliphatic rings. The second-order valence-electron chi connectivity index (χ2n) is 15.4. The summed E-state index contributed by atoms with van der Waals surface area (Å²) in [7, 11) is 0. The van der Waals surface area contributed by atoms with Crippen molar-refractivity contribution in [1.82, 2.24) is 21.3 Å². The van der Waals surface area contributed by atoms with Gasteiger partial charge in [0, 0.05) is 38.9 Å². The monoisotopic (exact) mass is 998 g/mol. The van der Waals surface area contributed by atoms with E-state index in [1.165, 1.54) is 96.3 Å². The van der Waals surface area contributed by atoms with Gasteiger partial charge in [0.2, 0.25) is 24.1 Å². The Bertz CT molecular complexity index is 1140. The lowest BCUT2D eigenvalue weighted by atomic mass is 10.0. The Hall–Kier alpha value is -3.36. The maximum Gasteiger partial charge on any atom is 0.326 e. The number of ether oxygens (including phenoxy) is 4. The van der Waals surface area contributed by atoms with Gasteiger partial charge >= 0.3 is 11.9 Å². The Labute approximate surface area is 416 Å². The number of amides is 4. The quantitative estimate of drug-likeness (QED) is 0.0167. The predicted molar refractivity (Wildman–Crippen MR) is 274 cm³/mol. The zero-order chi connectivity index (χ0) is 52.2. The maximum atomic E-state index is 11.7. The predicted octanol–water partition coefficient (Wildman–Crippen LogP) is 7.49. The molecule has 0 rings (SSSR count). The lowest BCUT2D eigenvalue weighted by molar-refractivity contribution is -0.141. The van der Waals surface area contributed by atoms with Crippen molar-refractivity contribution < 1.29 is 62.7 Å². The number of ketones is 1. The molecular weight excluding hydrogens is 899 g/mol. The number of carboxylic acids is 2. The lowest BCUT2D eigenvalue weighted by Crippen LogP contribution is -2.37. The number of hydrogen-bond donors (Lipinski definition) is 8. The SMILES string of the molecule is CC.CC.CC(=O)CCCCCNC(=O)COCCOCCNC(=O)COCCOCCNC(=O)CCC(NC=O)C(=O)O.CCCCCCCCCCCCCCCCCCCC(=O)O.NS. The third kappa shape index (κ3) is 69.2. The van der Waals surface area contributed by atoms with Gasteiger partial charge in [0.1, 0.15) is 25.0 Å². The van der Waals surface area contributed by atoms with Crippen LogP contribution in [0.5, 0.6) is 0 Å². The molecule has 0 spiro atoms. The number of aliphatic carboxylic acids is 2. The second-order valence-corrected chi connectivity index (χ2v) is 15.4. The van der Waals surface area contributed by atoms with Crippen LogP contribution in [-0.2, 0) is 52.5 Å². The normalized spacial score (nSPS) is 10.5. The topological polar surface area (TPSA) is 271 Å². The number of nitrogens with one attached hydrogen (secondary N) is 4. The molecule has 0 aromatic carbocycles. The molecule has 0 bridgehead atoms. The van der Waals surface area contributed by atoms with Crippen LogP contribution in [-0.4, -0.2) is 131 Å². The van der Waals surface area contributed by atoms with Gasteiger partial charge in [-0.2, -0.15) is 0 Å². The maximum absolute atomic E-state index is 11.7. The minimum absolute atomic E-state index is 0.0239. The summed E-state index contributed by atoms with van der Waals surface area (Å²) in [6.45, 7) is 14.1. The molecule has 0 heterocycles. The molecule has 0 radical (unpaired) electrons. The van der Waals surface area contributed by atoms with E-state index in [-0.39, 0.29) is 102 Å². The number of thiol groups is 1. The molecule has 68 heavy (non-hydrogen) atoms. The van der Waals surface area contributed by atoms with Gasteiger partial charge < -0.3 is 55.2 Å². The van der Waals surface area contributed by atoms with E-state index in [0.717, 1.165) is 32.1 Å². The van der Waals surface area contributed by atoms with Crippen LogP contribution in [0.15, 0.2) is 0 Å². The average molecular weight is 998 g/mol. The number of rotatable bonds is 46. The summed E-state index contributed by atoms with van der Waals surface area (Å²) in [4.78, 5) is 77.4. The van der Waals surface area contributed by atoms with E-state index in [4.69, 9.17) is 29.2 Å². The fourth-order valence-corrected chi connectivity index (χ4v) is 6.03. The van der Waals surface area contributed by atoms with Gasteiger partial charge in [0.15, 0.2) is 0 Å². The smallest absolute Gasteiger partial charge is 0.326 e. The summed E-state index contributed by atoms with van der Waals surface area (Å²) >= 11 is 3.03. The van der Waals surface area contributed by atoms with Crippen LogP contribution in [0.3, 0.4) is 0 Å². The van der Waals surface area contributed by atoms with Gasteiger partial charge in [-0.1, -0.05) is 144 Å². The van der Waals surface area contributed by atoms with Crippen LogP contribution in [0.25, 0.3) is 0 Å². The summed E-state index contributed by atoms with van der Waals surface area (Å²) in [5.74, 6) is -2.56. The molecule has 0 aliphatic heterocycles. The van der Waals surface area contributed by atoms with Gasteiger partial charge in [-0.25, -0.2) is 4.79 Å². The molecule has 404 valence electrons. The highest BCUT2D eigenvalue weighted by atomic mass is 32.1. The number of carbonyl (C=O) groups excluding carboxylic acids is 5. The highest BCUT2D eigenvalue weighted by molar-refractivity contribution is 7.77. The molecule has 8 N–H and O–H groups in total. The third-order valence-corrected chi connectivity index (χ3v) is 9.60. The van der Waals surface area contributed by atoms with Crippen molar-refractivity contribution in [3.63, 3.8) is 0 Å². The fraction of sp³-hybridized carbons (Fsp3) is 0.857. The summed E-state index contributed by atoms with van der Waals surface area (Å²) in [6.07, 6.45) is 26.5. The number of hydrogen-bond acceptors (Lipinski definition) is 13. The lowest BCUT2D eigenvalue weighted by Gasteiger charge is -2.11. The Morgan fingerprint density at radius 2 is 0.868 bits per heavy atom. The summed E-state index contributed by atoms with van der Waals surface area (Å²) in [6, 6.07) is -1.11. The number of unbranched alkanes of at least 4 members (excludes halogenated alkanes) is 18. The van der Waals surface area contributed by atoms with Gasteiger partial charge in [-0.05, 0) is 32.6 Å². The first-order valence-electron chi connectivity index (χ1n) is 25.5. The molecule has 0 aliphatic carbocycles. The zero-order valence-corrected chi connectivity index (χ0v) is 44.2. The molecule has 19 heteroatoms. The van der Waals surface area contributed by atoms with Crippen LogP contribution < -0.4 is 26.4 Å². The summed E-state index contributed by atoms with van der Waals surface area (Å²) < 4.78 is 21.0. The Morgan fingerprint density at radius 3 is 1.26 bits per heavy atom. The Balaban J connectivity index is -0.000000398. The molecule has 0 aromatic rings. The first-order chi connectivity index (χ1) is 33.0. The van der Waals surface area contributed by atoms with Gasteiger partial charge in [-0.3, -0.25) is 29.1 Å². The molecule has 4 amide bonds. The summed E-state index contributed by atoms with van der Waals surface area (Å²) in [5.41, 5.74) is 0. The van der Waals surface area contributed by atoms with Crippen LogP contribution >= 0.6 is 12.8 Å². The second kappa shape index (κ2) is 65.7. The highest BCUT2D eigenvalue weighted by Crippen LogP contribution is 2.14. The van der Waals surface area contributed by atoms with Crippen molar-refractivity contribution in [2.24, 2.45) is 5.14 Å². The van der Waals surface area contributed by atoms with Crippen molar-refractivity contribution >= 4 is 54.7 Å². The number of carboxylic acid groups (broad SMARTS) is 2.